The van der Waals surface area contributed by atoms with Gasteiger partial charge in [-0.05, 0) is 78.3 Å². The second-order valence-corrected chi connectivity index (χ2v) is 7.46. The third-order valence-electron chi connectivity index (χ3n) is 4.89. The standard InChI is InChI=1S/C17H33NO2/c1-14(2)19-12-10-18-8-5-15(6-9-18)16-7-11-20-17(3,4)13-16/h14-16H,5-13H2,1-4H3. The van der Waals surface area contributed by atoms with Crippen LogP contribution in [0.15, 0.2) is 0 Å². The summed E-state index contributed by atoms with van der Waals surface area (Å²) in [5.41, 5.74) is 0.102. The van der Waals surface area contributed by atoms with Crippen LogP contribution >= 0.6 is 0 Å². The molecule has 2 heterocycles. The van der Waals surface area contributed by atoms with E-state index in [0.29, 0.717) is 6.10 Å². The van der Waals surface area contributed by atoms with Crippen LogP contribution in [0.1, 0.15) is 53.4 Å². The zero-order valence-corrected chi connectivity index (χ0v) is 13.9. The third-order valence-corrected chi connectivity index (χ3v) is 4.89. The molecule has 118 valence electrons. The van der Waals surface area contributed by atoms with Crippen molar-refractivity contribution in [3.8, 4) is 0 Å². The van der Waals surface area contributed by atoms with Crippen LogP contribution < -0.4 is 0 Å². The van der Waals surface area contributed by atoms with Crippen LogP contribution in [0, 0.1) is 11.8 Å². The maximum atomic E-state index is 5.86. The van der Waals surface area contributed by atoms with Crippen LogP contribution in [0.3, 0.4) is 0 Å². The van der Waals surface area contributed by atoms with Gasteiger partial charge < -0.3 is 14.4 Å². The fourth-order valence-corrected chi connectivity index (χ4v) is 3.75. The van der Waals surface area contributed by atoms with E-state index >= 15 is 0 Å². The summed E-state index contributed by atoms with van der Waals surface area (Å²) in [6.07, 6.45) is 5.60. The lowest BCUT2D eigenvalue weighted by Crippen LogP contribution is -2.42. The van der Waals surface area contributed by atoms with Crippen LogP contribution in [0.4, 0.5) is 0 Å². The molecule has 0 N–H and O–H groups in total. The Hall–Kier alpha value is -0.120. The summed E-state index contributed by atoms with van der Waals surface area (Å²) in [4.78, 5) is 2.57. The predicted molar refractivity (Wildman–Crippen MR) is 83.0 cm³/mol. The molecule has 0 aromatic carbocycles. The summed E-state index contributed by atoms with van der Waals surface area (Å²) in [7, 11) is 0. The SMILES string of the molecule is CC(C)OCCN1CCC(C2CCOC(C)(C)C2)CC1. The lowest BCUT2D eigenvalue weighted by atomic mass is 9.75. The Balaban J connectivity index is 1.68. The number of likely N-dealkylation sites (tertiary alicyclic amines) is 1. The minimum atomic E-state index is 0.102. The molecule has 0 aromatic rings. The molecular weight excluding hydrogens is 250 g/mol. The number of piperidine rings is 1. The van der Waals surface area contributed by atoms with Crippen molar-refractivity contribution in [2.24, 2.45) is 11.8 Å². The average molecular weight is 283 g/mol. The minimum Gasteiger partial charge on any atom is -0.377 e. The number of hydrogen-bond acceptors (Lipinski definition) is 3. The van der Waals surface area contributed by atoms with E-state index in [1.807, 2.05) is 0 Å². The normalized spacial score (nSPS) is 28.9. The van der Waals surface area contributed by atoms with Gasteiger partial charge in [0, 0.05) is 13.2 Å². The molecule has 0 spiro atoms. The lowest BCUT2D eigenvalue weighted by Gasteiger charge is -2.42. The molecule has 0 amide bonds. The van der Waals surface area contributed by atoms with Crippen molar-refractivity contribution >= 4 is 0 Å². The smallest absolute Gasteiger partial charge is 0.0629 e. The lowest BCUT2D eigenvalue weighted by molar-refractivity contribution is -0.0871. The highest BCUT2D eigenvalue weighted by Gasteiger charge is 2.34. The van der Waals surface area contributed by atoms with Crippen LogP contribution in [0.2, 0.25) is 0 Å². The van der Waals surface area contributed by atoms with Gasteiger partial charge in [0.2, 0.25) is 0 Å². The molecular formula is C17H33NO2. The molecule has 0 bridgehead atoms. The number of nitrogens with zero attached hydrogens (tertiary/aromatic N) is 1. The van der Waals surface area contributed by atoms with Crippen molar-refractivity contribution in [2.75, 3.05) is 32.8 Å². The molecule has 2 aliphatic heterocycles. The second kappa shape index (κ2) is 7.24. The molecule has 2 saturated heterocycles. The summed E-state index contributed by atoms with van der Waals surface area (Å²) >= 11 is 0. The first-order chi connectivity index (χ1) is 9.46. The molecule has 0 aromatic heterocycles. The summed E-state index contributed by atoms with van der Waals surface area (Å²) in [6.45, 7) is 14.2. The Kier molecular flexibility index (Phi) is 5.88. The largest absolute Gasteiger partial charge is 0.377 e. The molecule has 0 aliphatic carbocycles. The summed E-state index contributed by atoms with van der Waals surface area (Å²) in [5, 5.41) is 0. The minimum absolute atomic E-state index is 0.102. The summed E-state index contributed by atoms with van der Waals surface area (Å²) in [6, 6.07) is 0. The van der Waals surface area contributed by atoms with Gasteiger partial charge in [-0.15, -0.1) is 0 Å². The number of ether oxygens (including phenoxy) is 2. The van der Waals surface area contributed by atoms with E-state index in [4.69, 9.17) is 9.47 Å². The molecule has 0 saturated carbocycles. The van der Waals surface area contributed by atoms with Gasteiger partial charge in [-0.3, -0.25) is 0 Å². The van der Waals surface area contributed by atoms with E-state index in [1.165, 1.54) is 38.8 Å². The van der Waals surface area contributed by atoms with E-state index in [1.54, 1.807) is 0 Å². The third kappa shape index (κ3) is 5.01. The predicted octanol–water partition coefficient (Wildman–Crippen LogP) is 3.33. The molecule has 3 heteroatoms. The maximum absolute atomic E-state index is 5.86. The quantitative estimate of drug-likeness (QED) is 0.772. The molecule has 1 atom stereocenters. The van der Waals surface area contributed by atoms with E-state index in [0.717, 1.165) is 31.6 Å². The highest BCUT2D eigenvalue weighted by atomic mass is 16.5. The topological polar surface area (TPSA) is 21.7 Å². The molecule has 3 nitrogen and oxygen atoms in total. The Morgan fingerprint density at radius 2 is 1.85 bits per heavy atom. The summed E-state index contributed by atoms with van der Waals surface area (Å²) in [5.74, 6) is 1.80. The zero-order chi connectivity index (χ0) is 14.6. The van der Waals surface area contributed by atoms with E-state index in [2.05, 4.69) is 32.6 Å². The van der Waals surface area contributed by atoms with E-state index in [9.17, 15) is 0 Å². The molecule has 20 heavy (non-hydrogen) atoms. The molecule has 0 radical (unpaired) electrons. The summed E-state index contributed by atoms with van der Waals surface area (Å²) < 4.78 is 11.5. The van der Waals surface area contributed by atoms with Crippen LogP contribution in [0.5, 0.6) is 0 Å². The maximum Gasteiger partial charge on any atom is 0.0629 e. The molecule has 2 rings (SSSR count). The second-order valence-electron chi connectivity index (χ2n) is 7.46. The van der Waals surface area contributed by atoms with E-state index < -0.39 is 0 Å². The fraction of sp³-hybridized carbons (Fsp3) is 1.00. The Bertz CT molecular complexity index is 283. The highest BCUT2D eigenvalue weighted by molar-refractivity contribution is 4.85. The average Bonchev–Trinajstić information content (AvgIpc) is 2.38. The Morgan fingerprint density at radius 3 is 2.45 bits per heavy atom. The van der Waals surface area contributed by atoms with Gasteiger partial charge in [0.05, 0.1) is 18.3 Å². The van der Waals surface area contributed by atoms with Gasteiger partial charge in [-0.25, -0.2) is 0 Å². The molecule has 2 aliphatic rings. The van der Waals surface area contributed by atoms with Gasteiger partial charge >= 0.3 is 0 Å². The molecule has 2 fully saturated rings. The number of hydrogen-bond donors (Lipinski definition) is 0. The zero-order valence-electron chi connectivity index (χ0n) is 13.9. The van der Waals surface area contributed by atoms with Crippen molar-refractivity contribution in [2.45, 2.75) is 65.1 Å². The van der Waals surface area contributed by atoms with Gasteiger partial charge in [0.15, 0.2) is 0 Å². The van der Waals surface area contributed by atoms with Crippen molar-refractivity contribution in [3.63, 3.8) is 0 Å². The number of rotatable bonds is 5. The van der Waals surface area contributed by atoms with Crippen molar-refractivity contribution in [1.29, 1.82) is 0 Å². The highest BCUT2D eigenvalue weighted by Crippen LogP contribution is 2.37. The molecule has 1 unspecified atom stereocenters. The Labute approximate surface area is 125 Å². The van der Waals surface area contributed by atoms with Crippen molar-refractivity contribution < 1.29 is 9.47 Å². The monoisotopic (exact) mass is 283 g/mol. The first-order valence-corrected chi connectivity index (χ1v) is 8.44. The van der Waals surface area contributed by atoms with Crippen LogP contribution in [-0.4, -0.2) is 49.5 Å². The van der Waals surface area contributed by atoms with Crippen molar-refractivity contribution in [1.82, 2.24) is 4.90 Å². The first-order valence-electron chi connectivity index (χ1n) is 8.44. The first kappa shape index (κ1) is 16.3. The fourth-order valence-electron chi connectivity index (χ4n) is 3.75. The Morgan fingerprint density at radius 1 is 1.15 bits per heavy atom. The van der Waals surface area contributed by atoms with Gasteiger partial charge in [-0.2, -0.15) is 0 Å². The van der Waals surface area contributed by atoms with Crippen molar-refractivity contribution in [3.05, 3.63) is 0 Å². The van der Waals surface area contributed by atoms with Gasteiger partial charge in [0.25, 0.3) is 0 Å². The van der Waals surface area contributed by atoms with Gasteiger partial charge in [0.1, 0.15) is 0 Å². The van der Waals surface area contributed by atoms with Crippen LogP contribution in [0.25, 0.3) is 0 Å². The van der Waals surface area contributed by atoms with Gasteiger partial charge in [-0.1, -0.05) is 0 Å². The van der Waals surface area contributed by atoms with E-state index in [-0.39, 0.29) is 5.60 Å². The van der Waals surface area contributed by atoms with Crippen LogP contribution in [-0.2, 0) is 9.47 Å².